The van der Waals surface area contributed by atoms with Crippen LogP contribution in [-0.4, -0.2) is 29.0 Å². The molecule has 0 amide bonds. The SMILES string of the molecule is CC(C)(C)NC(N)=NCC1CCCCS1. The minimum absolute atomic E-state index is 0.00723. The van der Waals surface area contributed by atoms with E-state index in [9.17, 15) is 0 Å². The predicted molar refractivity (Wildman–Crippen MR) is 69.5 cm³/mol. The molecule has 0 saturated carbocycles. The second-order valence-corrected chi connectivity index (χ2v) is 6.50. The van der Waals surface area contributed by atoms with Crippen LogP contribution in [0.25, 0.3) is 0 Å². The third-order valence-corrected chi connectivity index (χ3v) is 3.62. The Morgan fingerprint density at radius 3 is 2.73 bits per heavy atom. The predicted octanol–water partition coefficient (Wildman–Crippen LogP) is 1.97. The molecule has 3 N–H and O–H groups in total. The van der Waals surface area contributed by atoms with E-state index >= 15 is 0 Å². The van der Waals surface area contributed by atoms with Gasteiger partial charge in [0, 0.05) is 10.8 Å². The summed E-state index contributed by atoms with van der Waals surface area (Å²) in [5, 5.41) is 3.86. The molecule has 0 aromatic heterocycles. The van der Waals surface area contributed by atoms with E-state index in [0.717, 1.165) is 6.54 Å². The van der Waals surface area contributed by atoms with Crippen molar-refractivity contribution in [3.63, 3.8) is 0 Å². The van der Waals surface area contributed by atoms with Crippen molar-refractivity contribution >= 4 is 17.7 Å². The maximum absolute atomic E-state index is 5.81. The Balaban J connectivity index is 2.29. The Kier molecular flexibility index (Phi) is 4.77. The minimum atomic E-state index is 0.00723. The van der Waals surface area contributed by atoms with Crippen molar-refractivity contribution in [2.24, 2.45) is 10.7 Å². The number of nitrogens with one attached hydrogen (secondary N) is 1. The van der Waals surface area contributed by atoms with Crippen LogP contribution in [0, 0.1) is 0 Å². The van der Waals surface area contributed by atoms with E-state index in [0.29, 0.717) is 11.2 Å². The lowest BCUT2D eigenvalue weighted by atomic mass is 10.1. The molecule has 15 heavy (non-hydrogen) atoms. The first kappa shape index (κ1) is 12.7. The average Bonchev–Trinajstić information content (AvgIpc) is 2.14. The molecular formula is C11H23N3S. The summed E-state index contributed by atoms with van der Waals surface area (Å²) in [4.78, 5) is 4.40. The largest absolute Gasteiger partial charge is 0.370 e. The summed E-state index contributed by atoms with van der Waals surface area (Å²) < 4.78 is 0. The van der Waals surface area contributed by atoms with Crippen molar-refractivity contribution < 1.29 is 0 Å². The van der Waals surface area contributed by atoms with E-state index in [-0.39, 0.29) is 5.54 Å². The van der Waals surface area contributed by atoms with E-state index in [1.165, 1.54) is 25.0 Å². The maximum Gasteiger partial charge on any atom is 0.189 e. The van der Waals surface area contributed by atoms with Crippen molar-refractivity contribution in [1.82, 2.24) is 5.32 Å². The smallest absolute Gasteiger partial charge is 0.189 e. The van der Waals surface area contributed by atoms with Gasteiger partial charge in [-0.1, -0.05) is 6.42 Å². The lowest BCUT2D eigenvalue weighted by Crippen LogP contribution is -2.45. The lowest BCUT2D eigenvalue weighted by molar-refractivity contribution is 0.508. The fourth-order valence-corrected chi connectivity index (χ4v) is 2.79. The summed E-state index contributed by atoms with van der Waals surface area (Å²) in [6.07, 6.45) is 4.00. The van der Waals surface area contributed by atoms with Gasteiger partial charge in [-0.2, -0.15) is 11.8 Å². The number of thioether (sulfide) groups is 1. The summed E-state index contributed by atoms with van der Waals surface area (Å²) in [5.74, 6) is 1.86. The van der Waals surface area contributed by atoms with E-state index in [4.69, 9.17) is 5.73 Å². The molecule has 0 bridgehead atoms. The van der Waals surface area contributed by atoms with Crippen LogP contribution in [-0.2, 0) is 0 Å². The van der Waals surface area contributed by atoms with Crippen LogP contribution in [0.3, 0.4) is 0 Å². The number of hydrogen-bond donors (Lipinski definition) is 2. The van der Waals surface area contributed by atoms with Crippen molar-refractivity contribution in [2.45, 2.75) is 50.8 Å². The van der Waals surface area contributed by atoms with Crippen LogP contribution in [0.1, 0.15) is 40.0 Å². The second kappa shape index (κ2) is 5.64. The molecule has 0 aromatic rings. The quantitative estimate of drug-likeness (QED) is 0.562. The molecule has 1 aliphatic rings. The van der Waals surface area contributed by atoms with Crippen LogP contribution < -0.4 is 11.1 Å². The number of guanidine groups is 1. The second-order valence-electron chi connectivity index (χ2n) is 5.09. The molecule has 1 fully saturated rings. The Labute approximate surface area is 97.3 Å². The highest BCUT2D eigenvalue weighted by atomic mass is 32.2. The average molecular weight is 229 g/mol. The molecular weight excluding hydrogens is 206 g/mol. The van der Waals surface area contributed by atoms with Crippen LogP contribution in [0.15, 0.2) is 4.99 Å². The molecule has 0 aliphatic carbocycles. The van der Waals surface area contributed by atoms with E-state index < -0.39 is 0 Å². The summed E-state index contributed by atoms with van der Waals surface area (Å²) in [7, 11) is 0. The van der Waals surface area contributed by atoms with Gasteiger partial charge in [0.25, 0.3) is 0 Å². The summed E-state index contributed by atoms with van der Waals surface area (Å²) >= 11 is 2.03. The van der Waals surface area contributed by atoms with Gasteiger partial charge in [0.2, 0.25) is 0 Å². The van der Waals surface area contributed by atoms with Gasteiger partial charge in [-0.05, 0) is 39.4 Å². The normalized spacial score (nSPS) is 23.9. The van der Waals surface area contributed by atoms with Crippen molar-refractivity contribution in [3.8, 4) is 0 Å². The molecule has 1 aliphatic heterocycles. The number of nitrogens with two attached hydrogens (primary N) is 1. The number of aliphatic imine (C=N–C) groups is 1. The van der Waals surface area contributed by atoms with Crippen LogP contribution in [0.5, 0.6) is 0 Å². The fourth-order valence-electron chi connectivity index (χ4n) is 1.58. The summed E-state index contributed by atoms with van der Waals surface area (Å²) in [6, 6.07) is 0. The molecule has 0 aromatic carbocycles. The first-order valence-corrected chi connectivity index (χ1v) is 6.72. The zero-order valence-electron chi connectivity index (χ0n) is 10.0. The zero-order valence-corrected chi connectivity index (χ0v) is 10.9. The molecule has 0 radical (unpaired) electrons. The molecule has 0 spiro atoms. The van der Waals surface area contributed by atoms with E-state index in [1.54, 1.807) is 0 Å². The Bertz CT molecular complexity index is 214. The number of nitrogens with zero attached hydrogens (tertiary/aromatic N) is 1. The Morgan fingerprint density at radius 1 is 1.47 bits per heavy atom. The maximum atomic E-state index is 5.81. The van der Waals surface area contributed by atoms with Crippen LogP contribution >= 0.6 is 11.8 Å². The van der Waals surface area contributed by atoms with Gasteiger partial charge in [-0.25, -0.2) is 0 Å². The topological polar surface area (TPSA) is 50.4 Å². The number of rotatable bonds is 2. The Hall–Kier alpha value is -0.380. The monoisotopic (exact) mass is 229 g/mol. The van der Waals surface area contributed by atoms with Gasteiger partial charge >= 0.3 is 0 Å². The van der Waals surface area contributed by atoms with Crippen LogP contribution in [0.2, 0.25) is 0 Å². The van der Waals surface area contributed by atoms with E-state index in [2.05, 4.69) is 31.1 Å². The molecule has 88 valence electrons. The van der Waals surface area contributed by atoms with Gasteiger partial charge in [-0.3, -0.25) is 4.99 Å². The van der Waals surface area contributed by atoms with Crippen LogP contribution in [0.4, 0.5) is 0 Å². The highest BCUT2D eigenvalue weighted by Gasteiger charge is 2.14. The standard InChI is InChI=1S/C11H23N3S/c1-11(2,3)14-10(12)13-8-9-6-4-5-7-15-9/h9H,4-8H2,1-3H3,(H3,12,13,14). The summed E-state index contributed by atoms with van der Waals surface area (Å²) in [6.45, 7) is 7.12. The zero-order chi connectivity index (χ0) is 11.3. The van der Waals surface area contributed by atoms with Gasteiger partial charge in [0.15, 0.2) is 5.96 Å². The fraction of sp³-hybridized carbons (Fsp3) is 0.909. The van der Waals surface area contributed by atoms with Gasteiger partial charge < -0.3 is 11.1 Å². The molecule has 4 heteroatoms. The molecule has 1 rings (SSSR count). The molecule has 1 unspecified atom stereocenters. The first-order chi connectivity index (χ1) is 6.97. The van der Waals surface area contributed by atoms with Gasteiger partial charge in [-0.15, -0.1) is 0 Å². The third-order valence-electron chi connectivity index (χ3n) is 2.24. The Morgan fingerprint density at radius 2 is 2.20 bits per heavy atom. The molecule has 3 nitrogen and oxygen atoms in total. The summed E-state index contributed by atoms with van der Waals surface area (Å²) in [5.41, 5.74) is 5.81. The number of hydrogen-bond acceptors (Lipinski definition) is 2. The molecule has 1 atom stereocenters. The first-order valence-electron chi connectivity index (χ1n) is 5.67. The van der Waals surface area contributed by atoms with Crippen molar-refractivity contribution in [3.05, 3.63) is 0 Å². The minimum Gasteiger partial charge on any atom is -0.370 e. The lowest BCUT2D eigenvalue weighted by Gasteiger charge is -2.22. The molecule has 1 saturated heterocycles. The highest BCUT2D eigenvalue weighted by molar-refractivity contribution is 7.99. The van der Waals surface area contributed by atoms with Crippen molar-refractivity contribution in [1.29, 1.82) is 0 Å². The van der Waals surface area contributed by atoms with E-state index in [1.807, 2.05) is 11.8 Å². The third kappa shape index (κ3) is 5.92. The van der Waals surface area contributed by atoms with Gasteiger partial charge in [0.05, 0.1) is 6.54 Å². The van der Waals surface area contributed by atoms with Gasteiger partial charge in [0.1, 0.15) is 0 Å². The highest BCUT2D eigenvalue weighted by Crippen LogP contribution is 2.24. The van der Waals surface area contributed by atoms with Crippen molar-refractivity contribution in [2.75, 3.05) is 12.3 Å². The molecule has 1 heterocycles.